The van der Waals surface area contributed by atoms with Gasteiger partial charge in [-0.05, 0) is 32.0 Å². The van der Waals surface area contributed by atoms with E-state index in [0.29, 0.717) is 11.6 Å². The number of benzene rings is 1. The number of imide groups is 1. The number of rotatable bonds is 4. The van der Waals surface area contributed by atoms with Crippen LogP contribution in [0.25, 0.3) is 0 Å². The van der Waals surface area contributed by atoms with Crippen molar-refractivity contribution in [2.24, 2.45) is 0 Å². The Balaban J connectivity index is 2.57. The SMILES string of the molecule is CCNC(=O)NC(=O)[C@H](C)OC(=O)c1cccc(Cl)c1. The van der Waals surface area contributed by atoms with E-state index in [4.69, 9.17) is 16.3 Å². The van der Waals surface area contributed by atoms with Gasteiger partial charge in [-0.3, -0.25) is 10.1 Å². The summed E-state index contributed by atoms with van der Waals surface area (Å²) in [7, 11) is 0. The number of nitrogens with one attached hydrogen (secondary N) is 2. The van der Waals surface area contributed by atoms with Crippen LogP contribution in [-0.4, -0.2) is 30.6 Å². The zero-order chi connectivity index (χ0) is 15.1. The maximum atomic E-state index is 11.8. The lowest BCUT2D eigenvalue weighted by molar-refractivity contribution is -0.127. The molecule has 0 aliphatic rings. The number of hydrogen-bond donors (Lipinski definition) is 2. The molecular formula is C13H15ClN2O4. The highest BCUT2D eigenvalue weighted by Gasteiger charge is 2.20. The summed E-state index contributed by atoms with van der Waals surface area (Å²) in [5.41, 5.74) is 0.232. The number of halogens is 1. The standard InChI is InChI=1S/C13H15ClN2O4/c1-3-15-13(19)16-11(17)8(2)20-12(18)9-5-4-6-10(14)7-9/h4-8H,3H2,1-2H3,(H2,15,16,17,19)/t8-/m0/s1. The van der Waals surface area contributed by atoms with Crippen molar-refractivity contribution in [2.45, 2.75) is 20.0 Å². The smallest absolute Gasteiger partial charge is 0.338 e. The van der Waals surface area contributed by atoms with Gasteiger partial charge in [-0.2, -0.15) is 0 Å². The Morgan fingerprint density at radius 3 is 2.65 bits per heavy atom. The van der Waals surface area contributed by atoms with Gasteiger partial charge in [-0.1, -0.05) is 17.7 Å². The molecule has 1 rings (SSSR count). The fourth-order valence-electron chi connectivity index (χ4n) is 1.32. The van der Waals surface area contributed by atoms with E-state index < -0.39 is 24.0 Å². The van der Waals surface area contributed by atoms with Crippen LogP contribution in [0.5, 0.6) is 0 Å². The van der Waals surface area contributed by atoms with Crippen molar-refractivity contribution in [3.8, 4) is 0 Å². The van der Waals surface area contributed by atoms with Crippen LogP contribution in [-0.2, 0) is 9.53 Å². The average molecular weight is 299 g/mol. The van der Waals surface area contributed by atoms with Crippen molar-refractivity contribution in [3.63, 3.8) is 0 Å². The number of carbonyl (C=O) groups is 3. The van der Waals surface area contributed by atoms with Gasteiger partial charge in [0.15, 0.2) is 6.10 Å². The monoisotopic (exact) mass is 298 g/mol. The van der Waals surface area contributed by atoms with Gasteiger partial charge < -0.3 is 10.1 Å². The number of hydrogen-bond acceptors (Lipinski definition) is 4. The summed E-state index contributed by atoms with van der Waals surface area (Å²) < 4.78 is 4.94. The third-order valence-corrected chi connectivity index (χ3v) is 2.52. The molecule has 7 heteroatoms. The lowest BCUT2D eigenvalue weighted by Gasteiger charge is -2.13. The maximum Gasteiger partial charge on any atom is 0.338 e. The molecule has 0 aliphatic heterocycles. The Morgan fingerprint density at radius 2 is 2.05 bits per heavy atom. The van der Waals surface area contributed by atoms with Gasteiger partial charge in [0.1, 0.15) is 0 Å². The molecule has 0 unspecified atom stereocenters. The van der Waals surface area contributed by atoms with Gasteiger partial charge in [0.05, 0.1) is 5.56 Å². The fourth-order valence-corrected chi connectivity index (χ4v) is 1.51. The summed E-state index contributed by atoms with van der Waals surface area (Å²) in [4.78, 5) is 34.5. The van der Waals surface area contributed by atoms with Crippen LogP contribution < -0.4 is 10.6 Å². The van der Waals surface area contributed by atoms with Gasteiger partial charge in [0, 0.05) is 11.6 Å². The highest BCUT2D eigenvalue weighted by atomic mass is 35.5. The maximum absolute atomic E-state index is 11.8. The molecule has 0 fully saturated rings. The van der Waals surface area contributed by atoms with Gasteiger partial charge >= 0.3 is 12.0 Å². The number of ether oxygens (including phenoxy) is 1. The summed E-state index contributed by atoms with van der Waals surface area (Å²) in [6, 6.07) is 5.52. The van der Waals surface area contributed by atoms with E-state index in [1.54, 1.807) is 19.1 Å². The Morgan fingerprint density at radius 1 is 1.35 bits per heavy atom. The second kappa shape index (κ2) is 7.49. The minimum Gasteiger partial charge on any atom is -0.449 e. The lowest BCUT2D eigenvalue weighted by atomic mass is 10.2. The van der Waals surface area contributed by atoms with Crippen molar-refractivity contribution in [3.05, 3.63) is 34.9 Å². The summed E-state index contributed by atoms with van der Waals surface area (Å²) in [5.74, 6) is -1.39. The van der Waals surface area contributed by atoms with E-state index in [1.807, 2.05) is 0 Å². The molecule has 20 heavy (non-hydrogen) atoms. The van der Waals surface area contributed by atoms with Crippen LogP contribution in [0.2, 0.25) is 5.02 Å². The van der Waals surface area contributed by atoms with E-state index in [9.17, 15) is 14.4 Å². The number of amides is 3. The van der Waals surface area contributed by atoms with Crippen LogP contribution in [0.3, 0.4) is 0 Å². The highest BCUT2D eigenvalue weighted by molar-refractivity contribution is 6.30. The summed E-state index contributed by atoms with van der Waals surface area (Å²) in [6.07, 6.45) is -1.09. The molecule has 0 bridgehead atoms. The molecule has 0 aliphatic carbocycles. The Labute approximate surface area is 121 Å². The van der Waals surface area contributed by atoms with Crippen molar-refractivity contribution >= 4 is 29.5 Å². The third-order valence-electron chi connectivity index (χ3n) is 2.29. The van der Waals surface area contributed by atoms with Crippen molar-refractivity contribution in [2.75, 3.05) is 6.54 Å². The van der Waals surface area contributed by atoms with E-state index >= 15 is 0 Å². The van der Waals surface area contributed by atoms with Crippen LogP contribution in [0.15, 0.2) is 24.3 Å². The number of urea groups is 1. The molecule has 0 radical (unpaired) electrons. The molecule has 1 atom stereocenters. The molecular weight excluding hydrogens is 284 g/mol. The van der Waals surface area contributed by atoms with Crippen molar-refractivity contribution < 1.29 is 19.1 Å². The molecule has 2 N–H and O–H groups in total. The van der Waals surface area contributed by atoms with Gasteiger partial charge in [-0.25, -0.2) is 9.59 Å². The minimum atomic E-state index is -1.09. The second-order valence-corrected chi connectivity index (χ2v) is 4.34. The van der Waals surface area contributed by atoms with Crippen LogP contribution in [0.1, 0.15) is 24.2 Å². The van der Waals surface area contributed by atoms with E-state index in [-0.39, 0.29) is 5.56 Å². The predicted octanol–water partition coefficient (Wildman–Crippen LogP) is 1.73. The molecule has 108 valence electrons. The van der Waals surface area contributed by atoms with Crippen molar-refractivity contribution in [1.82, 2.24) is 10.6 Å². The number of esters is 1. The van der Waals surface area contributed by atoms with Crippen molar-refractivity contribution in [1.29, 1.82) is 0 Å². The van der Waals surface area contributed by atoms with Crippen LogP contribution >= 0.6 is 11.6 Å². The van der Waals surface area contributed by atoms with Crippen LogP contribution in [0, 0.1) is 0 Å². The van der Waals surface area contributed by atoms with Gasteiger partial charge in [-0.15, -0.1) is 0 Å². The molecule has 1 aromatic rings. The topological polar surface area (TPSA) is 84.5 Å². The Kier molecular flexibility index (Phi) is 5.99. The van der Waals surface area contributed by atoms with Crippen LogP contribution in [0.4, 0.5) is 4.79 Å². The second-order valence-electron chi connectivity index (χ2n) is 3.91. The quantitative estimate of drug-likeness (QED) is 0.829. The molecule has 0 saturated heterocycles. The summed E-state index contributed by atoms with van der Waals surface area (Å²) in [5, 5.41) is 4.84. The largest absolute Gasteiger partial charge is 0.449 e. The molecule has 0 spiro atoms. The Bertz CT molecular complexity index is 519. The first-order valence-corrected chi connectivity index (χ1v) is 6.37. The zero-order valence-electron chi connectivity index (χ0n) is 11.1. The first-order valence-electron chi connectivity index (χ1n) is 5.99. The minimum absolute atomic E-state index is 0.232. The first kappa shape index (κ1) is 16.0. The number of carbonyl (C=O) groups excluding carboxylic acids is 3. The third kappa shape index (κ3) is 4.89. The summed E-state index contributed by atoms with van der Waals surface area (Å²) >= 11 is 5.75. The normalized spacial score (nSPS) is 11.3. The lowest BCUT2D eigenvalue weighted by Crippen LogP contribution is -2.44. The molecule has 0 aromatic heterocycles. The molecule has 0 heterocycles. The predicted molar refractivity (Wildman–Crippen MR) is 73.5 cm³/mol. The fraction of sp³-hybridized carbons (Fsp3) is 0.308. The summed E-state index contributed by atoms with van der Waals surface area (Å²) in [6.45, 7) is 3.47. The van der Waals surface area contributed by atoms with E-state index in [0.717, 1.165) is 0 Å². The van der Waals surface area contributed by atoms with E-state index in [1.165, 1.54) is 19.1 Å². The Hall–Kier alpha value is -2.08. The van der Waals surface area contributed by atoms with Gasteiger partial charge in [0.2, 0.25) is 0 Å². The first-order chi connectivity index (χ1) is 9.43. The molecule has 3 amide bonds. The molecule has 6 nitrogen and oxygen atoms in total. The van der Waals surface area contributed by atoms with E-state index in [2.05, 4.69) is 10.6 Å². The average Bonchev–Trinajstić information content (AvgIpc) is 2.38. The molecule has 0 saturated carbocycles. The molecule has 1 aromatic carbocycles. The highest BCUT2D eigenvalue weighted by Crippen LogP contribution is 2.12. The van der Waals surface area contributed by atoms with Gasteiger partial charge in [0.25, 0.3) is 5.91 Å². The zero-order valence-corrected chi connectivity index (χ0v) is 11.9.